The molecule has 294 valence electrons. The van der Waals surface area contributed by atoms with Crippen molar-refractivity contribution >= 4 is 78.5 Å². The van der Waals surface area contributed by atoms with Gasteiger partial charge in [-0.3, -0.25) is 18.9 Å². The van der Waals surface area contributed by atoms with E-state index in [1.165, 1.54) is 43.1 Å². The van der Waals surface area contributed by atoms with Gasteiger partial charge in [-0.25, -0.2) is 31.3 Å². The summed E-state index contributed by atoms with van der Waals surface area (Å²) in [7, 11) is -0.995. The molecule has 56 heavy (non-hydrogen) atoms. The lowest BCUT2D eigenvalue weighted by Crippen LogP contribution is -2.49. The van der Waals surface area contributed by atoms with Crippen molar-refractivity contribution in [1.29, 1.82) is 0 Å². The highest BCUT2D eigenvalue weighted by Crippen LogP contribution is 2.40. The highest BCUT2D eigenvalue weighted by Gasteiger charge is 2.38. The van der Waals surface area contributed by atoms with Crippen LogP contribution in [0.2, 0.25) is 15.1 Å². The molecule has 0 saturated carbocycles. The lowest BCUT2D eigenvalue weighted by Gasteiger charge is -2.40. The maximum atomic E-state index is 15.0. The predicted molar refractivity (Wildman–Crippen MR) is 213 cm³/mol. The highest BCUT2D eigenvalue weighted by atomic mass is 35.5. The van der Waals surface area contributed by atoms with Gasteiger partial charge < -0.3 is 9.84 Å². The Bertz CT molecular complexity index is 2680. The van der Waals surface area contributed by atoms with Gasteiger partial charge in [-0.15, -0.1) is 0 Å². The number of benzene rings is 4. The van der Waals surface area contributed by atoms with E-state index < -0.39 is 44.9 Å². The number of sulfonamides is 1. The summed E-state index contributed by atoms with van der Waals surface area (Å²) in [6.07, 6.45) is -0.748. The SMILES string of the molecule is COc1ccc(CN(c2nn(C)c3c(-n4c([C@H](Cc5cc(F)cc(F)c5)N(C(=O)O)C(C)(C)C)nc5cc(Cl)cc(Cl)c5c4=O)ccc(Cl)c23)S(C)(=O)=O)cc1. The minimum absolute atomic E-state index is 0.0204. The average Bonchev–Trinajstić information content (AvgIpc) is 3.42. The molecule has 0 aliphatic carbocycles. The number of aromatic nitrogens is 4. The van der Waals surface area contributed by atoms with E-state index in [9.17, 15) is 31.9 Å². The van der Waals surface area contributed by atoms with E-state index in [1.54, 1.807) is 45.0 Å². The van der Waals surface area contributed by atoms with Gasteiger partial charge in [0.2, 0.25) is 10.0 Å². The molecule has 6 rings (SSSR count). The van der Waals surface area contributed by atoms with Crippen LogP contribution in [0.1, 0.15) is 43.8 Å². The zero-order valence-electron chi connectivity index (χ0n) is 30.8. The smallest absolute Gasteiger partial charge is 0.408 e. The number of fused-ring (bicyclic) bond motifs is 2. The van der Waals surface area contributed by atoms with Gasteiger partial charge in [-0.1, -0.05) is 46.9 Å². The maximum absolute atomic E-state index is 15.0. The Hall–Kier alpha value is -4.96. The Labute approximate surface area is 335 Å². The Kier molecular flexibility index (Phi) is 11.0. The maximum Gasteiger partial charge on any atom is 0.408 e. The number of nitrogens with zero attached hydrogens (tertiary/aromatic N) is 6. The topological polar surface area (TPSA) is 140 Å². The van der Waals surface area contributed by atoms with Crippen LogP contribution in [0.5, 0.6) is 5.75 Å². The molecule has 0 unspecified atom stereocenters. The van der Waals surface area contributed by atoms with E-state index in [0.717, 1.165) is 32.2 Å². The van der Waals surface area contributed by atoms with Gasteiger partial charge in [0.1, 0.15) is 23.2 Å². The molecule has 2 aromatic heterocycles. The Morgan fingerprint density at radius 3 is 2.16 bits per heavy atom. The van der Waals surface area contributed by atoms with Crippen molar-refractivity contribution in [3.8, 4) is 11.4 Å². The first kappa shape index (κ1) is 40.7. The highest BCUT2D eigenvalue weighted by molar-refractivity contribution is 7.92. The second kappa shape index (κ2) is 15.2. The van der Waals surface area contributed by atoms with Gasteiger partial charge >= 0.3 is 6.09 Å². The van der Waals surface area contributed by atoms with E-state index in [1.807, 2.05) is 0 Å². The molecule has 1 amide bonds. The molecular weight excluding hydrogens is 813 g/mol. The Morgan fingerprint density at radius 1 is 0.946 bits per heavy atom. The summed E-state index contributed by atoms with van der Waals surface area (Å²) in [5, 5.41) is 15.6. The summed E-state index contributed by atoms with van der Waals surface area (Å²) in [6, 6.07) is 13.9. The number of hydrogen-bond donors (Lipinski definition) is 1. The molecule has 0 aliphatic rings. The molecule has 12 nitrogen and oxygen atoms in total. The fourth-order valence-corrected chi connectivity index (χ4v) is 8.41. The molecule has 1 atom stereocenters. The third-order valence-electron chi connectivity index (χ3n) is 9.07. The molecule has 0 bridgehead atoms. The zero-order chi connectivity index (χ0) is 41.0. The van der Waals surface area contributed by atoms with Crippen molar-refractivity contribution in [2.75, 3.05) is 17.7 Å². The van der Waals surface area contributed by atoms with Crippen LogP contribution in [0.4, 0.5) is 19.4 Å². The third kappa shape index (κ3) is 7.85. The summed E-state index contributed by atoms with van der Waals surface area (Å²) in [5.74, 6) is -1.46. The summed E-state index contributed by atoms with van der Waals surface area (Å²) in [5.41, 5.74) is -1.01. The summed E-state index contributed by atoms with van der Waals surface area (Å²) < 4.78 is 64.9. The van der Waals surface area contributed by atoms with E-state index in [-0.39, 0.29) is 72.7 Å². The lowest BCUT2D eigenvalue weighted by molar-refractivity contribution is 0.0660. The van der Waals surface area contributed by atoms with E-state index in [2.05, 4.69) is 5.10 Å². The molecule has 4 aromatic carbocycles. The van der Waals surface area contributed by atoms with Crippen LogP contribution >= 0.6 is 34.8 Å². The third-order valence-corrected chi connectivity index (χ3v) is 11.0. The van der Waals surface area contributed by atoms with Crippen LogP contribution in [0.25, 0.3) is 27.5 Å². The molecule has 0 spiro atoms. The second-order valence-corrected chi connectivity index (χ2v) is 17.2. The molecule has 0 fully saturated rings. The zero-order valence-corrected chi connectivity index (χ0v) is 33.9. The first-order valence-corrected chi connectivity index (χ1v) is 19.8. The standard InChI is InChI=1S/C38H35Cl3F2N6O6S/c1-38(2,3)49(37(51)52)30(15-21-13-23(42)18-24(43)14-21)34-44-28-17-22(39)16-27(41)31(28)36(50)48(34)29-12-11-26(40)32-33(29)46(4)45-35(32)47(56(6,53)54)19-20-7-9-25(55-5)10-8-20/h7-14,16-18,30H,15,19H2,1-6H3,(H,51,52)/t30-/m0/s1. The number of ether oxygens (including phenoxy) is 1. The summed E-state index contributed by atoms with van der Waals surface area (Å²) in [6.45, 7) is 4.70. The van der Waals surface area contributed by atoms with E-state index in [0.29, 0.717) is 17.4 Å². The average molecular weight is 848 g/mol. The van der Waals surface area contributed by atoms with Crippen molar-refractivity contribution in [3.05, 3.63) is 121 Å². The largest absolute Gasteiger partial charge is 0.497 e. The molecule has 0 radical (unpaired) electrons. The molecule has 0 saturated heterocycles. The number of rotatable bonds is 10. The molecule has 0 aliphatic heterocycles. The van der Waals surface area contributed by atoms with Crippen molar-refractivity contribution in [2.45, 2.75) is 45.3 Å². The fraction of sp³-hybridized carbons (Fsp3) is 0.263. The normalized spacial score (nSPS) is 12.6. The summed E-state index contributed by atoms with van der Waals surface area (Å²) >= 11 is 19.8. The number of halogens is 5. The quantitative estimate of drug-likeness (QED) is 0.145. The number of hydrogen-bond acceptors (Lipinski definition) is 7. The van der Waals surface area contributed by atoms with Gasteiger partial charge in [0.05, 0.1) is 63.5 Å². The molecule has 1 N–H and O–H groups in total. The van der Waals surface area contributed by atoms with Crippen LogP contribution in [-0.2, 0) is 30.0 Å². The first-order valence-electron chi connectivity index (χ1n) is 16.8. The molecular formula is C38H35Cl3F2N6O6S. The van der Waals surface area contributed by atoms with Gasteiger partial charge in [0, 0.05) is 30.1 Å². The van der Waals surface area contributed by atoms with Crippen LogP contribution in [-0.4, -0.2) is 62.8 Å². The van der Waals surface area contributed by atoms with Gasteiger partial charge in [-0.05, 0) is 80.4 Å². The van der Waals surface area contributed by atoms with Crippen molar-refractivity contribution in [1.82, 2.24) is 24.2 Å². The number of carbonyl (C=O) groups is 1. The number of amides is 1. The molecule has 2 heterocycles. The Morgan fingerprint density at radius 2 is 1.59 bits per heavy atom. The van der Waals surface area contributed by atoms with Crippen molar-refractivity contribution in [2.24, 2.45) is 7.05 Å². The second-order valence-electron chi connectivity index (χ2n) is 14.1. The van der Waals surface area contributed by atoms with Crippen LogP contribution in [0.15, 0.2) is 71.5 Å². The minimum atomic E-state index is -4.03. The van der Waals surface area contributed by atoms with Crippen molar-refractivity contribution < 1.29 is 31.8 Å². The van der Waals surface area contributed by atoms with E-state index in [4.69, 9.17) is 44.5 Å². The molecule has 6 aromatic rings. The number of carboxylic acid groups (broad SMARTS) is 1. The number of aryl methyl sites for hydroxylation is 1. The van der Waals surface area contributed by atoms with Crippen LogP contribution < -0.4 is 14.6 Å². The predicted octanol–water partition coefficient (Wildman–Crippen LogP) is 8.55. The fourth-order valence-electron chi connectivity index (χ4n) is 6.78. The minimum Gasteiger partial charge on any atom is -0.497 e. The first-order chi connectivity index (χ1) is 26.2. The number of anilines is 1. The summed E-state index contributed by atoms with van der Waals surface area (Å²) in [4.78, 5) is 34.0. The number of methoxy groups -OCH3 is 1. The van der Waals surface area contributed by atoms with E-state index >= 15 is 0 Å². The lowest BCUT2D eigenvalue weighted by atomic mass is 9.97. The van der Waals surface area contributed by atoms with Crippen LogP contribution in [0, 0.1) is 11.6 Å². The Balaban J connectivity index is 1.71. The van der Waals surface area contributed by atoms with Crippen molar-refractivity contribution in [3.63, 3.8) is 0 Å². The monoisotopic (exact) mass is 846 g/mol. The van der Waals surface area contributed by atoms with Gasteiger partial charge in [0.15, 0.2) is 5.82 Å². The van der Waals surface area contributed by atoms with Gasteiger partial charge in [0.25, 0.3) is 5.56 Å². The molecule has 18 heteroatoms. The van der Waals surface area contributed by atoms with Crippen LogP contribution in [0.3, 0.4) is 0 Å². The van der Waals surface area contributed by atoms with Gasteiger partial charge in [-0.2, -0.15) is 5.10 Å².